The van der Waals surface area contributed by atoms with Crippen molar-refractivity contribution in [3.8, 4) is 0 Å². The Labute approximate surface area is 100 Å². The summed E-state index contributed by atoms with van der Waals surface area (Å²) in [6, 6.07) is 0. The molecule has 0 bridgehead atoms. The van der Waals surface area contributed by atoms with Gasteiger partial charge in [0.1, 0.15) is 11.6 Å². The van der Waals surface area contributed by atoms with Gasteiger partial charge in [-0.1, -0.05) is 37.5 Å². The van der Waals surface area contributed by atoms with E-state index in [0.717, 1.165) is 10.9 Å². The van der Waals surface area contributed by atoms with Gasteiger partial charge in [-0.25, -0.2) is 0 Å². The number of nitrogen functional groups attached to an aromatic ring is 1. The Morgan fingerprint density at radius 3 is 2.88 bits per heavy atom. The van der Waals surface area contributed by atoms with Crippen LogP contribution < -0.4 is 5.73 Å². The molecule has 4 nitrogen and oxygen atoms in total. The van der Waals surface area contributed by atoms with Crippen LogP contribution in [0.2, 0.25) is 0 Å². The number of aromatic nitrogens is 2. The normalized spacial score (nSPS) is 25.8. The molecule has 0 saturated heterocycles. The molecule has 1 aliphatic carbocycles. The molecule has 1 aliphatic rings. The lowest BCUT2D eigenvalue weighted by Crippen LogP contribution is -2.27. The van der Waals surface area contributed by atoms with E-state index in [1.165, 1.54) is 43.4 Å². The van der Waals surface area contributed by atoms with Crippen molar-refractivity contribution < 1.29 is 4.74 Å². The minimum Gasteiger partial charge on any atom is -0.374 e. The van der Waals surface area contributed by atoms with Gasteiger partial charge in [-0.05, 0) is 18.8 Å². The van der Waals surface area contributed by atoms with Crippen LogP contribution in [0.5, 0.6) is 0 Å². The lowest BCUT2D eigenvalue weighted by atomic mass is 9.85. The number of nitrogens with two attached hydrogens (primary N) is 1. The molecule has 0 amide bonds. The van der Waals surface area contributed by atoms with Gasteiger partial charge in [0.05, 0.1) is 6.10 Å². The largest absolute Gasteiger partial charge is 0.374 e. The molecule has 1 saturated carbocycles. The van der Waals surface area contributed by atoms with Gasteiger partial charge < -0.3 is 10.5 Å². The molecule has 2 rings (SSSR count). The SMILES string of the molecule is CCC1CCCCC1OCc1nnc(N)s1. The van der Waals surface area contributed by atoms with Crippen LogP contribution in [0.3, 0.4) is 0 Å². The standard InChI is InChI=1S/C11H19N3OS/c1-2-8-5-3-4-6-9(8)15-7-10-13-14-11(12)16-10/h8-9H,2-7H2,1H3,(H2,12,14). The minimum absolute atomic E-state index is 0.406. The molecular formula is C11H19N3OS. The van der Waals surface area contributed by atoms with Crippen molar-refractivity contribution in [2.75, 3.05) is 5.73 Å². The maximum Gasteiger partial charge on any atom is 0.203 e. The third-order valence-electron chi connectivity index (χ3n) is 3.27. The Morgan fingerprint density at radius 2 is 2.19 bits per heavy atom. The fourth-order valence-electron chi connectivity index (χ4n) is 2.36. The topological polar surface area (TPSA) is 61.0 Å². The van der Waals surface area contributed by atoms with Crippen LogP contribution in [-0.2, 0) is 11.3 Å². The fourth-order valence-corrected chi connectivity index (χ4v) is 2.89. The maximum absolute atomic E-state index is 5.94. The van der Waals surface area contributed by atoms with Crippen LogP contribution in [0.4, 0.5) is 5.13 Å². The summed E-state index contributed by atoms with van der Waals surface area (Å²) >= 11 is 1.42. The summed E-state index contributed by atoms with van der Waals surface area (Å²) < 4.78 is 5.94. The smallest absolute Gasteiger partial charge is 0.203 e. The molecule has 0 spiro atoms. The van der Waals surface area contributed by atoms with Crippen molar-refractivity contribution in [3.05, 3.63) is 5.01 Å². The zero-order valence-corrected chi connectivity index (χ0v) is 10.5. The first-order valence-electron chi connectivity index (χ1n) is 5.99. The summed E-state index contributed by atoms with van der Waals surface area (Å²) in [4.78, 5) is 0. The Hall–Kier alpha value is -0.680. The van der Waals surface area contributed by atoms with E-state index in [1.807, 2.05) is 0 Å². The van der Waals surface area contributed by atoms with Gasteiger partial charge in [-0.3, -0.25) is 0 Å². The van der Waals surface area contributed by atoms with Gasteiger partial charge in [-0.2, -0.15) is 0 Å². The maximum atomic E-state index is 5.94. The van der Waals surface area contributed by atoms with Crippen LogP contribution >= 0.6 is 11.3 Å². The molecule has 16 heavy (non-hydrogen) atoms. The Bertz CT molecular complexity index is 329. The highest BCUT2D eigenvalue weighted by molar-refractivity contribution is 7.15. The highest BCUT2D eigenvalue weighted by Crippen LogP contribution is 2.30. The zero-order valence-electron chi connectivity index (χ0n) is 9.69. The molecule has 1 heterocycles. The number of anilines is 1. The molecule has 1 aromatic rings. The quantitative estimate of drug-likeness (QED) is 0.880. The van der Waals surface area contributed by atoms with Gasteiger partial charge in [0.15, 0.2) is 0 Å². The van der Waals surface area contributed by atoms with Crippen LogP contribution in [0.15, 0.2) is 0 Å². The van der Waals surface area contributed by atoms with Crippen molar-refractivity contribution in [3.63, 3.8) is 0 Å². The van der Waals surface area contributed by atoms with Crippen LogP contribution in [0, 0.1) is 5.92 Å². The van der Waals surface area contributed by atoms with Crippen molar-refractivity contribution in [1.29, 1.82) is 0 Å². The molecule has 2 atom stereocenters. The van der Waals surface area contributed by atoms with Gasteiger partial charge in [0, 0.05) is 0 Å². The van der Waals surface area contributed by atoms with E-state index in [0.29, 0.717) is 17.8 Å². The van der Waals surface area contributed by atoms with E-state index in [2.05, 4.69) is 17.1 Å². The van der Waals surface area contributed by atoms with Crippen molar-refractivity contribution in [1.82, 2.24) is 10.2 Å². The van der Waals surface area contributed by atoms with Crippen LogP contribution in [0.25, 0.3) is 0 Å². The zero-order chi connectivity index (χ0) is 11.4. The van der Waals surface area contributed by atoms with Crippen molar-refractivity contribution >= 4 is 16.5 Å². The number of nitrogens with zero attached hydrogens (tertiary/aromatic N) is 2. The molecule has 0 radical (unpaired) electrons. The molecule has 0 aliphatic heterocycles. The van der Waals surface area contributed by atoms with Gasteiger partial charge >= 0.3 is 0 Å². The van der Waals surface area contributed by atoms with Crippen LogP contribution in [-0.4, -0.2) is 16.3 Å². The first-order valence-corrected chi connectivity index (χ1v) is 6.80. The van der Waals surface area contributed by atoms with E-state index >= 15 is 0 Å². The average molecular weight is 241 g/mol. The summed E-state index contributed by atoms with van der Waals surface area (Å²) in [5.41, 5.74) is 5.53. The summed E-state index contributed by atoms with van der Waals surface area (Å²) in [6.45, 7) is 2.81. The first kappa shape index (κ1) is 11.8. The number of ether oxygens (including phenoxy) is 1. The second-order valence-electron chi connectivity index (χ2n) is 4.34. The summed E-state index contributed by atoms with van der Waals surface area (Å²) in [5.74, 6) is 0.721. The monoisotopic (exact) mass is 241 g/mol. The summed E-state index contributed by atoms with van der Waals surface area (Å²) in [5, 5.41) is 9.16. The highest BCUT2D eigenvalue weighted by atomic mass is 32.1. The van der Waals surface area contributed by atoms with Gasteiger partial charge in [-0.15, -0.1) is 10.2 Å². The number of hydrogen-bond acceptors (Lipinski definition) is 5. The fraction of sp³-hybridized carbons (Fsp3) is 0.818. The van der Waals surface area contributed by atoms with E-state index in [9.17, 15) is 0 Å². The first-order chi connectivity index (χ1) is 7.79. The Morgan fingerprint density at radius 1 is 1.38 bits per heavy atom. The van der Waals surface area contributed by atoms with E-state index in [1.54, 1.807) is 0 Å². The third-order valence-corrected chi connectivity index (χ3v) is 3.99. The predicted octanol–water partition coefficient (Wildman–Crippen LogP) is 2.61. The molecule has 0 aromatic carbocycles. The van der Waals surface area contributed by atoms with Crippen molar-refractivity contribution in [2.24, 2.45) is 5.92 Å². The average Bonchev–Trinajstić information content (AvgIpc) is 2.73. The second kappa shape index (κ2) is 5.59. The lowest BCUT2D eigenvalue weighted by Gasteiger charge is -2.30. The Balaban J connectivity index is 1.84. The highest BCUT2D eigenvalue weighted by Gasteiger charge is 2.24. The molecule has 2 N–H and O–H groups in total. The van der Waals surface area contributed by atoms with E-state index in [-0.39, 0.29) is 0 Å². The summed E-state index contributed by atoms with van der Waals surface area (Å²) in [7, 11) is 0. The van der Waals surface area contributed by atoms with Crippen LogP contribution in [0.1, 0.15) is 44.0 Å². The second-order valence-corrected chi connectivity index (χ2v) is 5.43. The lowest BCUT2D eigenvalue weighted by molar-refractivity contribution is -0.0224. The molecule has 1 aromatic heterocycles. The van der Waals surface area contributed by atoms with Gasteiger partial charge in [0.25, 0.3) is 0 Å². The molecule has 1 fully saturated rings. The van der Waals surface area contributed by atoms with Crippen molar-refractivity contribution in [2.45, 2.75) is 51.7 Å². The third kappa shape index (κ3) is 2.92. The van der Waals surface area contributed by atoms with E-state index in [4.69, 9.17) is 10.5 Å². The molecular weight excluding hydrogens is 222 g/mol. The van der Waals surface area contributed by atoms with E-state index < -0.39 is 0 Å². The minimum atomic E-state index is 0.406. The molecule has 2 unspecified atom stereocenters. The Kier molecular flexibility index (Phi) is 4.12. The number of rotatable bonds is 4. The number of hydrogen-bond donors (Lipinski definition) is 1. The molecule has 90 valence electrons. The summed E-state index contributed by atoms with van der Waals surface area (Å²) in [6.07, 6.45) is 6.75. The molecule has 5 heteroatoms. The predicted molar refractivity (Wildman–Crippen MR) is 65.1 cm³/mol. The van der Waals surface area contributed by atoms with Gasteiger partial charge in [0.2, 0.25) is 5.13 Å².